The topological polar surface area (TPSA) is 58.4 Å². The van der Waals surface area contributed by atoms with Crippen LogP contribution in [0.3, 0.4) is 0 Å². The lowest BCUT2D eigenvalue weighted by Gasteiger charge is -2.38. The van der Waals surface area contributed by atoms with Crippen LogP contribution in [0.5, 0.6) is 0 Å². The van der Waals surface area contributed by atoms with Crippen LogP contribution >= 0.6 is 0 Å². The zero-order valence-corrected chi connectivity index (χ0v) is 13.2. The second kappa shape index (κ2) is 7.29. The Morgan fingerprint density at radius 3 is 2.52 bits per heavy atom. The van der Waals surface area contributed by atoms with Crippen molar-refractivity contribution in [2.75, 3.05) is 11.4 Å². The fourth-order valence-corrected chi connectivity index (χ4v) is 3.32. The Morgan fingerprint density at radius 1 is 1.09 bits per heavy atom. The Bertz CT molecular complexity index is 639. The van der Waals surface area contributed by atoms with Crippen LogP contribution < -0.4 is 16.2 Å². The number of nitrogens with one attached hydrogen (secondary N) is 1. The Morgan fingerprint density at radius 2 is 1.83 bits per heavy atom. The maximum absolute atomic E-state index is 11.5. The SMILES string of the molecule is NNC(=O)c1ccc(CC2CCCCN2c2ccccc2)cc1. The van der Waals surface area contributed by atoms with E-state index in [9.17, 15) is 4.79 Å². The van der Waals surface area contributed by atoms with Gasteiger partial charge >= 0.3 is 0 Å². The molecule has 0 bridgehead atoms. The van der Waals surface area contributed by atoms with Gasteiger partial charge in [-0.2, -0.15) is 0 Å². The van der Waals surface area contributed by atoms with Gasteiger partial charge in [0.1, 0.15) is 0 Å². The number of nitrogens with two attached hydrogens (primary N) is 1. The second-order valence-corrected chi connectivity index (χ2v) is 6.05. The molecule has 4 heteroatoms. The third-order valence-corrected chi connectivity index (χ3v) is 4.53. The number of rotatable bonds is 4. The molecule has 0 aliphatic carbocycles. The Hall–Kier alpha value is -2.33. The average Bonchev–Trinajstić information content (AvgIpc) is 2.63. The monoisotopic (exact) mass is 309 g/mol. The summed E-state index contributed by atoms with van der Waals surface area (Å²) in [5, 5.41) is 0. The van der Waals surface area contributed by atoms with E-state index in [1.807, 2.05) is 24.3 Å². The highest BCUT2D eigenvalue weighted by Crippen LogP contribution is 2.26. The highest BCUT2D eigenvalue weighted by molar-refractivity contribution is 5.93. The summed E-state index contributed by atoms with van der Waals surface area (Å²) in [7, 11) is 0. The maximum atomic E-state index is 11.5. The molecule has 4 nitrogen and oxygen atoms in total. The first-order valence-electron chi connectivity index (χ1n) is 8.19. The van der Waals surface area contributed by atoms with Crippen molar-refractivity contribution in [1.82, 2.24) is 5.43 Å². The smallest absolute Gasteiger partial charge is 0.265 e. The van der Waals surface area contributed by atoms with Crippen molar-refractivity contribution in [3.8, 4) is 0 Å². The fraction of sp³-hybridized carbons (Fsp3) is 0.316. The van der Waals surface area contributed by atoms with Crippen molar-refractivity contribution >= 4 is 11.6 Å². The number of carbonyl (C=O) groups excluding carboxylic acids is 1. The third-order valence-electron chi connectivity index (χ3n) is 4.53. The number of para-hydroxylation sites is 1. The molecular weight excluding hydrogens is 286 g/mol. The number of anilines is 1. The standard InChI is InChI=1S/C19H23N3O/c20-21-19(23)16-11-9-15(10-12-16)14-18-8-4-5-13-22(18)17-6-2-1-3-7-17/h1-3,6-7,9-12,18H,4-5,8,13-14,20H2,(H,21,23). The van der Waals surface area contributed by atoms with E-state index in [1.165, 1.54) is 30.5 Å². The maximum Gasteiger partial charge on any atom is 0.265 e. The minimum absolute atomic E-state index is 0.250. The highest BCUT2D eigenvalue weighted by Gasteiger charge is 2.22. The van der Waals surface area contributed by atoms with E-state index in [2.05, 4.69) is 40.7 Å². The first kappa shape index (κ1) is 15.6. The van der Waals surface area contributed by atoms with Gasteiger partial charge in [-0.3, -0.25) is 10.2 Å². The summed E-state index contributed by atoms with van der Waals surface area (Å²) in [5.41, 5.74) is 5.32. The van der Waals surface area contributed by atoms with Crippen LogP contribution in [0.25, 0.3) is 0 Å². The van der Waals surface area contributed by atoms with Crippen molar-refractivity contribution in [2.45, 2.75) is 31.7 Å². The summed E-state index contributed by atoms with van der Waals surface area (Å²) in [6.45, 7) is 1.11. The van der Waals surface area contributed by atoms with E-state index in [0.29, 0.717) is 11.6 Å². The molecule has 1 saturated heterocycles. The van der Waals surface area contributed by atoms with Gasteiger partial charge < -0.3 is 4.90 Å². The quantitative estimate of drug-likeness (QED) is 0.519. The van der Waals surface area contributed by atoms with Crippen molar-refractivity contribution in [1.29, 1.82) is 0 Å². The van der Waals surface area contributed by atoms with Crippen LogP contribution in [-0.2, 0) is 6.42 Å². The molecule has 120 valence electrons. The van der Waals surface area contributed by atoms with Gasteiger partial charge in [0.2, 0.25) is 0 Å². The number of carbonyl (C=O) groups is 1. The second-order valence-electron chi connectivity index (χ2n) is 6.05. The van der Waals surface area contributed by atoms with Gasteiger partial charge in [-0.25, -0.2) is 5.84 Å². The van der Waals surface area contributed by atoms with Gasteiger partial charge in [-0.15, -0.1) is 0 Å². The average molecular weight is 309 g/mol. The number of nitrogens with zero attached hydrogens (tertiary/aromatic N) is 1. The highest BCUT2D eigenvalue weighted by atomic mass is 16.2. The summed E-state index contributed by atoms with van der Waals surface area (Å²) in [6.07, 6.45) is 4.74. The van der Waals surface area contributed by atoms with Gasteiger partial charge in [-0.05, 0) is 55.5 Å². The zero-order chi connectivity index (χ0) is 16.1. The van der Waals surface area contributed by atoms with Crippen LogP contribution in [0, 0.1) is 0 Å². The van der Waals surface area contributed by atoms with Crippen molar-refractivity contribution in [3.63, 3.8) is 0 Å². The van der Waals surface area contributed by atoms with E-state index < -0.39 is 0 Å². The minimum atomic E-state index is -0.250. The van der Waals surface area contributed by atoms with Gasteiger partial charge in [0.25, 0.3) is 5.91 Å². The molecule has 1 aliphatic rings. The molecule has 0 aromatic heterocycles. The third kappa shape index (κ3) is 3.71. The van der Waals surface area contributed by atoms with Crippen LogP contribution in [-0.4, -0.2) is 18.5 Å². The van der Waals surface area contributed by atoms with E-state index in [0.717, 1.165) is 13.0 Å². The molecule has 0 saturated carbocycles. The molecule has 2 aromatic carbocycles. The predicted molar refractivity (Wildman–Crippen MR) is 93.2 cm³/mol. The molecule has 1 heterocycles. The summed E-state index contributed by atoms with van der Waals surface area (Å²) in [4.78, 5) is 14.0. The summed E-state index contributed by atoms with van der Waals surface area (Å²) in [5.74, 6) is 4.92. The molecule has 0 spiro atoms. The number of benzene rings is 2. The Balaban J connectivity index is 1.73. The Labute approximate surface area is 137 Å². The molecular formula is C19H23N3O. The molecule has 23 heavy (non-hydrogen) atoms. The lowest BCUT2D eigenvalue weighted by atomic mass is 9.94. The van der Waals surface area contributed by atoms with Crippen molar-refractivity contribution < 1.29 is 4.79 Å². The number of piperidine rings is 1. The molecule has 1 aliphatic heterocycles. The van der Waals surface area contributed by atoms with Gasteiger partial charge in [0.15, 0.2) is 0 Å². The lowest BCUT2D eigenvalue weighted by Crippen LogP contribution is -2.41. The van der Waals surface area contributed by atoms with E-state index >= 15 is 0 Å². The Kier molecular flexibility index (Phi) is 4.93. The van der Waals surface area contributed by atoms with Crippen LogP contribution in [0.1, 0.15) is 35.2 Å². The van der Waals surface area contributed by atoms with Gasteiger partial charge in [0.05, 0.1) is 0 Å². The molecule has 0 radical (unpaired) electrons. The first-order valence-corrected chi connectivity index (χ1v) is 8.19. The molecule has 1 atom stereocenters. The first-order chi connectivity index (χ1) is 11.3. The van der Waals surface area contributed by atoms with Crippen LogP contribution in [0.15, 0.2) is 54.6 Å². The number of hydrazine groups is 1. The summed E-state index contributed by atoms with van der Waals surface area (Å²) >= 11 is 0. The zero-order valence-electron chi connectivity index (χ0n) is 13.2. The number of hydrogen-bond donors (Lipinski definition) is 2. The van der Waals surface area contributed by atoms with Crippen molar-refractivity contribution in [2.24, 2.45) is 5.84 Å². The molecule has 1 amide bonds. The normalized spacial score (nSPS) is 17.8. The molecule has 1 fully saturated rings. The molecule has 3 rings (SSSR count). The number of nitrogen functional groups attached to an aromatic ring is 1. The van der Waals surface area contributed by atoms with Gasteiger partial charge in [0, 0.05) is 23.8 Å². The predicted octanol–water partition coefficient (Wildman–Crippen LogP) is 2.89. The van der Waals surface area contributed by atoms with Crippen LogP contribution in [0.2, 0.25) is 0 Å². The largest absolute Gasteiger partial charge is 0.368 e. The van der Waals surface area contributed by atoms with E-state index in [1.54, 1.807) is 0 Å². The molecule has 2 aromatic rings. The van der Waals surface area contributed by atoms with Crippen molar-refractivity contribution in [3.05, 3.63) is 65.7 Å². The van der Waals surface area contributed by atoms with Gasteiger partial charge in [-0.1, -0.05) is 30.3 Å². The fourth-order valence-electron chi connectivity index (χ4n) is 3.32. The van der Waals surface area contributed by atoms with Crippen LogP contribution in [0.4, 0.5) is 5.69 Å². The van der Waals surface area contributed by atoms with E-state index in [4.69, 9.17) is 5.84 Å². The minimum Gasteiger partial charge on any atom is -0.368 e. The lowest BCUT2D eigenvalue weighted by molar-refractivity contribution is 0.0953. The van der Waals surface area contributed by atoms with E-state index in [-0.39, 0.29) is 5.91 Å². The summed E-state index contributed by atoms with van der Waals surface area (Å²) < 4.78 is 0. The number of amides is 1. The molecule has 3 N–H and O–H groups in total. The summed E-state index contributed by atoms with van der Waals surface area (Å²) in [6, 6.07) is 18.9. The number of hydrogen-bond acceptors (Lipinski definition) is 3. The molecule has 1 unspecified atom stereocenters.